The van der Waals surface area contributed by atoms with E-state index in [4.69, 9.17) is 5.26 Å². The predicted molar refractivity (Wildman–Crippen MR) is 67.0 cm³/mol. The van der Waals surface area contributed by atoms with E-state index in [-0.39, 0.29) is 18.2 Å². The summed E-state index contributed by atoms with van der Waals surface area (Å²) in [6, 6.07) is 7.32. The van der Waals surface area contributed by atoms with E-state index in [9.17, 15) is 9.59 Å². The molecular formula is C13H13N3O2. The number of hydrogen-bond donors (Lipinski definition) is 1. The van der Waals surface area contributed by atoms with E-state index in [0.717, 1.165) is 17.7 Å². The summed E-state index contributed by atoms with van der Waals surface area (Å²) in [5, 5.41) is 11.1. The van der Waals surface area contributed by atoms with Crippen molar-refractivity contribution >= 4 is 23.2 Å². The molecule has 1 heterocycles. The molecule has 0 saturated heterocycles. The number of anilines is 2. The normalized spacial score (nSPS) is 12.8. The number of amides is 2. The molecule has 1 aromatic carbocycles. The lowest BCUT2D eigenvalue weighted by Gasteiger charge is -2.18. The number of benzene rings is 1. The maximum absolute atomic E-state index is 11.5. The lowest BCUT2D eigenvalue weighted by atomic mass is 10.1. The standard InChI is InChI=1S/C13H13N3O2/c1-9(17)16-8-6-10-3-2-4-11(13(10)16)15-12(18)5-7-14/h2-4H,5-6,8H2,1H3,(H,15,18). The van der Waals surface area contributed by atoms with Crippen LogP contribution in [0.3, 0.4) is 0 Å². The topological polar surface area (TPSA) is 73.2 Å². The molecule has 5 heteroatoms. The second-order valence-corrected chi connectivity index (χ2v) is 4.12. The van der Waals surface area contributed by atoms with E-state index < -0.39 is 0 Å². The van der Waals surface area contributed by atoms with E-state index in [1.165, 1.54) is 6.92 Å². The SMILES string of the molecule is CC(=O)N1CCc2cccc(NC(=O)CC#N)c21. The first kappa shape index (κ1) is 12.1. The second kappa shape index (κ2) is 4.88. The number of hydrogen-bond acceptors (Lipinski definition) is 3. The number of nitrogens with zero attached hydrogens (tertiary/aromatic N) is 2. The van der Waals surface area contributed by atoms with Crippen LogP contribution >= 0.6 is 0 Å². The molecule has 0 spiro atoms. The van der Waals surface area contributed by atoms with Crippen LogP contribution in [0.25, 0.3) is 0 Å². The van der Waals surface area contributed by atoms with Crippen molar-refractivity contribution in [2.24, 2.45) is 0 Å². The maximum Gasteiger partial charge on any atom is 0.238 e. The molecule has 1 aliphatic rings. The summed E-state index contributed by atoms with van der Waals surface area (Å²) in [5.41, 5.74) is 2.40. The summed E-state index contributed by atoms with van der Waals surface area (Å²) >= 11 is 0. The highest BCUT2D eigenvalue weighted by molar-refractivity contribution is 6.02. The number of carbonyl (C=O) groups is 2. The van der Waals surface area contributed by atoms with Crippen LogP contribution in [-0.2, 0) is 16.0 Å². The van der Waals surface area contributed by atoms with Gasteiger partial charge in [0.25, 0.3) is 0 Å². The minimum Gasteiger partial charge on any atom is -0.323 e. The molecule has 1 aliphatic heterocycles. The van der Waals surface area contributed by atoms with Crippen molar-refractivity contribution in [3.05, 3.63) is 23.8 Å². The Labute approximate surface area is 105 Å². The predicted octanol–water partition coefficient (Wildman–Crippen LogP) is 1.45. The van der Waals surface area contributed by atoms with Crippen molar-refractivity contribution < 1.29 is 9.59 Å². The molecule has 92 valence electrons. The number of nitrogens with one attached hydrogen (secondary N) is 1. The molecule has 0 atom stereocenters. The third kappa shape index (κ3) is 2.18. The number of para-hydroxylation sites is 1. The van der Waals surface area contributed by atoms with Gasteiger partial charge < -0.3 is 10.2 Å². The summed E-state index contributed by atoms with van der Waals surface area (Å²) < 4.78 is 0. The summed E-state index contributed by atoms with van der Waals surface area (Å²) in [7, 11) is 0. The van der Waals surface area contributed by atoms with E-state index in [2.05, 4.69) is 5.32 Å². The van der Waals surface area contributed by atoms with Gasteiger partial charge in [-0.15, -0.1) is 0 Å². The van der Waals surface area contributed by atoms with Crippen LogP contribution in [0.1, 0.15) is 18.9 Å². The lowest BCUT2D eigenvalue weighted by molar-refractivity contribution is -0.117. The van der Waals surface area contributed by atoms with Gasteiger partial charge in [-0.3, -0.25) is 9.59 Å². The van der Waals surface area contributed by atoms with E-state index in [1.54, 1.807) is 17.0 Å². The van der Waals surface area contributed by atoms with Crippen molar-refractivity contribution in [3.8, 4) is 6.07 Å². The fraction of sp³-hybridized carbons (Fsp3) is 0.308. The van der Waals surface area contributed by atoms with Gasteiger partial charge in [-0.25, -0.2) is 0 Å². The highest BCUT2D eigenvalue weighted by Crippen LogP contribution is 2.35. The van der Waals surface area contributed by atoms with Crippen LogP contribution < -0.4 is 10.2 Å². The number of nitriles is 1. The second-order valence-electron chi connectivity index (χ2n) is 4.12. The molecular weight excluding hydrogens is 230 g/mol. The summed E-state index contributed by atoms with van der Waals surface area (Å²) in [5.74, 6) is -0.406. The van der Waals surface area contributed by atoms with Crippen molar-refractivity contribution in [2.45, 2.75) is 19.8 Å². The molecule has 1 aromatic rings. The van der Waals surface area contributed by atoms with E-state index >= 15 is 0 Å². The summed E-state index contributed by atoms with van der Waals surface area (Å²) in [4.78, 5) is 24.6. The van der Waals surface area contributed by atoms with Gasteiger partial charge in [-0.1, -0.05) is 12.1 Å². The van der Waals surface area contributed by atoms with Crippen LogP contribution in [0.2, 0.25) is 0 Å². The molecule has 1 N–H and O–H groups in total. The third-order valence-corrected chi connectivity index (χ3v) is 2.89. The third-order valence-electron chi connectivity index (χ3n) is 2.89. The Morgan fingerprint density at radius 1 is 1.50 bits per heavy atom. The first-order valence-electron chi connectivity index (χ1n) is 5.70. The quantitative estimate of drug-likeness (QED) is 0.854. The number of rotatable bonds is 2. The molecule has 0 aromatic heterocycles. The molecule has 0 fully saturated rings. The molecule has 0 bridgehead atoms. The molecule has 5 nitrogen and oxygen atoms in total. The Hall–Kier alpha value is -2.35. The Bertz CT molecular complexity index is 546. The molecule has 0 unspecified atom stereocenters. The van der Waals surface area contributed by atoms with Crippen molar-refractivity contribution in [1.82, 2.24) is 0 Å². The average Bonchev–Trinajstić information content (AvgIpc) is 2.74. The minimum absolute atomic E-state index is 0.0456. The zero-order chi connectivity index (χ0) is 13.1. The van der Waals surface area contributed by atoms with Crippen LogP contribution in [0.5, 0.6) is 0 Å². The monoisotopic (exact) mass is 243 g/mol. The van der Waals surface area contributed by atoms with Gasteiger partial charge in [-0.2, -0.15) is 5.26 Å². The van der Waals surface area contributed by atoms with Crippen LogP contribution in [0.15, 0.2) is 18.2 Å². The fourth-order valence-corrected chi connectivity index (χ4v) is 2.14. The summed E-state index contributed by atoms with van der Waals surface area (Å²) in [6.45, 7) is 2.14. The molecule has 2 amide bonds. The minimum atomic E-state index is -0.360. The Balaban J connectivity index is 2.33. The highest BCUT2D eigenvalue weighted by atomic mass is 16.2. The van der Waals surface area contributed by atoms with Crippen molar-refractivity contribution in [2.75, 3.05) is 16.8 Å². The van der Waals surface area contributed by atoms with Crippen LogP contribution in [0.4, 0.5) is 11.4 Å². The van der Waals surface area contributed by atoms with E-state index in [1.807, 2.05) is 12.1 Å². The average molecular weight is 243 g/mol. The van der Waals surface area contributed by atoms with Crippen molar-refractivity contribution in [3.63, 3.8) is 0 Å². The zero-order valence-corrected chi connectivity index (χ0v) is 10.1. The lowest BCUT2D eigenvalue weighted by Crippen LogP contribution is -2.27. The van der Waals surface area contributed by atoms with Gasteiger partial charge >= 0.3 is 0 Å². The zero-order valence-electron chi connectivity index (χ0n) is 10.1. The highest BCUT2D eigenvalue weighted by Gasteiger charge is 2.25. The molecule has 18 heavy (non-hydrogen) atoms. The van der Waals surface area contributed by atoms with Crippen LogP contribution in [0, 0.1) is 11.3 Å². The molecule has 0 aliphatic carbocycles. The smallest absolute Gasteiger partial charge is 0.238 e. The summed E-state index contributed by atoms with van der Waals surface area (Å²) in [6.07, 6.45) is 0.598. The van der Waals surface area contributed by atoms with Gasteiger partial charge in [0, 0.05) is 13.5 Å². The molecule has 0 radical (unpaired) electrons. The largest absolute Gasteiger partial charge is 0.323 e. The Kier molecular flexibility index (Phi) is 3.28. The number of carbonyl (C=O) groups excluding carboxylic acids is 2. The number of fused-ring (bicyclic) bond motifs is 1. The molecule has 0 saturated carbocycles. The molecule has 2 rings (SSSR count). The Morgan fingerprint density at radius 3 is 2.94 bits per heavy atom. The fourth-order valence-electron chi connectivity index (χ4n) is 2.14. The van der Waals surface area contributed by atoms with Gasteiger partial charge in [0.15, 0.2) is 0 Å². The van der Waals surface area contributed by atoms with Crippen molar-refractivity contribution in [1.29, 1.82) is 5.26 Å². The van der Waals surface area contributed by atoms with Gasteiger partial charge in [0.05, 0.1) is 17.4 Å². The first-order valence-corrected chi connectivity index (χ1v) is 5.70. The Morgan fingerprint density at radius 2 is 2.28 bits per heavy atom. The first-order chi connectivity index (χ1) is 8.63. The van der Waals surface area contributed by atoms with Crippen LogP contribution in [-0.4, -0.2) is 18.4 Å². The van der Waals surface area contributed by atoms with Gasteiger partial charge in [-0.05, 0) is 18.1 Å². The maximum atomic E-state index is 11.5. The van der Waals surface area contributed by atoms with Gasteiger partial charge in [0.2, 0.25) is 11.8 Å². The van der Waals surface area contributed by atoms with E-state index in [0.29, 0.717) is 12.2 Å². The van der Waals surface area contributed by atoms with Gasteiger partial charge in [0.1, 0.15) is 6.42 Å².